The highest BCUT2D eigenvalue weighted by Crippen LogP contribution is 2.28. The van der Waals surface area contributed by atoms with Gasteiger partial charge in [0.1, 0.15) is 5.54 Å². The first-order valence-electron chi connectivity index (χ1n) is 7.88. The van der Waals surface area contributed by atoms with E-state index in [9.17, 15) is 4.79 Å². The van der Waals surface area contributed by atoms with Crippen LogP contribution in [0.3, 0.4) is 0 Å². The number of hydrogen-bond acceptors (Lipinski definition) is 4. The van der Waals surface area contributed by atoms with Gasteiger partial charge >= 0.3 is 5.97 Å². The van der Waals surface area contributed by atoms with E-state index in [2.05, 4.69) is 37.9 Å². The van der Waals surface area contributed by atoms with Gasteiger partial charge in [-0.05, 0) is 46.0 Å². The Kier molecular flexibility index (Phi) is 6.46. The van der Waals surface area contributed by atoms with Gasteiger partial charge in [-0.2, -0.15) is 0 Å². The molecule has 0 heterocycles. The minimum Gasteiger partial charge on any atom is -0.468 e. The maximum Gasteiger partial charge on any atom is 0.325 e. The summed E-state index contributed by atoms with van der Waals surface area (Å²) in [6.45, 7) is 12.7. The van der Waals surface area contributed by atoms with E-state index in [0.717, 1.165) is 25.6 Å². The first-order valence-corrected chi connectivity index (χ1v) is 7.88. The molecule has 0 spiro atoms. The van der Waals surface area contributed by atoms with E-state index < -0.39 is 5.54 Å². The number of rotatable bonds is 9. The average Bonchev–Trinajstić information content (AvgIpc) is 3.16. The zero-order valence-corrected chi connectivity index (χ0v) is 14.0. The second-order valence-corrected chi connectivity index (χ2v) is 6.99. The summed E-state index contributed by atoms with van der Waals surface area (Å²) in [6.07, 6.45) is 3.40. The molecule has 20 heavy (non-hydrogen) atoms. The van der Waals surface area contributed by atoms with Crippen LogP contribution in [-0.2, 0) is 9.53 Å². The lowest BCUT2D eigenvalue weighted by atomic mass is 9.96. The minimum absolute atomic E-state index is 0.161. The summed E-state index contributed by atoms with van der Waals surface area (Å²) in [4.78, 5) is 14.6. The molecule has 1 N–H and O–H groups in total. The normalized spacial score (nSPS) is 18.6. The van der Waals surface area contributed by atoms with Crippen molar-refractivity contribution in [2.75, 3.05) is 20.2 Å². The van der Waals surface area contributed by atoms with E-state index in [0.29, 0.717) is 5.92 Å². The fourth-order valence-corrected chi connectivity index (χ4v) is 2.79. The second kappa shape index (κ2) is 7.41. The minimum atomic E-state index is -0.590. The van der Waals surface area contributed by atoms with E-state index in [4.69, 9.17) is 4.74 Å². The van der Waals surface area contributed by atoms with Gasteiger partial charge in [-0.15, -0.1) is 0 Å². The van der Waals surface area contributed by atoms with Gasteiger partial charge in [-0.3, -0.25) is 10.1 Å². The van der Waals surface area contributed by atoms with E-state index in [1.54, 1.807) is 0 Å². The molecule has 0 aromatic rings. The molecule has 0 bridgehead atoms. The van der Waals surface area contributed by atoms with E-state index >= 15 is 0 Å². The van der Waals surface area contributed by atoms with Gasteiger partial charge in [0.05, 0.1) is 7.11 Å². The average molecular weight is 284 g/mol. The molecule has 1 fully saturated rings. The van der Waals surface area contributed by atoms with E-state index in [1.165, 1.54) is 20.0 Å². The first kappa shape index (κ1) is 17.4. The Hall–Kier alpha value is -0.610. The summed E-state index contributed by atoms with van der Waals surface area (Å²) in [5.74, 6) is 0.504. The molecule has 0 aromatic carbocycles. The predicted octanol–water partition coefficient (Wildman–Crippen LogP) is 2.43. The SMILES string of the molecule is COC(=O)C(C)(CCN(CC(C)C)C1CC1)NC(C)C. The van der Waals surface area contributed by atoms with Crippen LogP contribution in [0, 0.1) is 5.92 Å². The highest BCUT2D eigenvalue weighted by Gasteiger charge is 2.37. The summed E-state index contributed by atoms with van der Waals surface area (Å²) in [6, 6.07) is 0.997. The van der Waals surface area contributed by atoms with Crippen molar-refractivity contribution in [3.05, 3.63) is 0 Å². The van der Waals surface area contributed by atoms with Crippen LogP contribution in [-0.4, -0.2) is 48.7 Å². The molecule has 1 aliphatic rings. The molecule has 0 amide bonds. The molecule has 1 rings (SSSR count). The van der Waals surface area contributed by atoms with Crippen LogP contribution >= 0.6 is 0 Å². The molecule has 1 unspecified atom stereocenters. The van der Waals surface area contributed by atoms with Crippen LogP contribution in [0.15, 0.2) is 0 Å². The van der Waals surface area contributed by atoms with Crippen molar-refractivity contribution in [3.63, 3.8) is 0 Å². The number of hydrogen-bond donors (Lipinski definition) is 1. The number of methoxy groups -OCH3 is 1. The van der Waals surface area contributed by atoms with Crippen molar-refractivity contribution in [1.82, 2.24) is 10.2 Å². The maximum atomic E-state index is 12.1. The highest BCUT2D eigenvalue weighted by molar-refractivity contribution is 5.80. The lowest BCUT2D eigenvalue weighted by Crippen LogP contribution is -2.54. The molecule has 118 valence electrons. The Labute approximate surface area is 124 Å². The van der Waals surface area contributed by atoms with Gasteiger partial charge in [0.25, 0.3) is 0 Å². The Morgan fingerprint density at radius 2 is 1.95 bits per heavy atom. The Balaban J connectivity index is 2.61. The zero-order valence-electron chi connectivity index (χ0n) is 14.0. The lowest BCUT2D eigenvalue weighted by Gasteiger charge is -2.33. The quantitative estimate of drug-likeness (QED) is 0.660. The Morgan fingerprint density at radius 3 is 2.35 bits per heavy atom. The van der Waals surface area contributed by atoms with Gasteiger partial charge in [-0.25, -0.2) is 0 Å². The van der Waals surface area contributed by atoms with Crippen LogP contribution < -0.4 is 5.32 Å². The maximum absolute atomic E-state index is 12.1. The topological polar surface area (TPSA) is 41.6 Å². The van der Waals surface area contributed by atoms with Crippen molar-refractivity contribution < 1.29 is 9.53 Å². The summed E-state index contributed by atoms with van der Waals surface area (Å²) < 4.78 is 4.99. The van der Waals surface area contributed by atoms with Crippen molar-refractivity contribution in [1.29, 1.82) is 0 Å². The van der Waals surface area contributed by atoms with Gasteiger partial charge < -0.3 is 9.64 Å². The zero-order chi connectivity index (χ0) is 15.3. The molecule has 0 aromatic heterocycles. The summed E-state index contributed by atoms with van der Waals surface area (Å²) >= 11 is 0. The van der Waals surface area contributed by atoms with E-state index in [1.807, 2.05) is 6.92 Å². The fraction of sp³-hybridized carbons (Fsp3) is 0.938. The van der Waals surface area contributed by atoms with Crippen molar-refractivity contribution in [2.24, 2.45) is 5.92 Å². The number of nitrogens with zero attached hydrogens (tertiary/aromatic N) is 1. The molecule has 1 atom stereocenters. The van der Waals surface area contributed by atoms with Gasteiger partial charge in [0.15, 0.2) is 0 Å². The molecular weight excluding hydrogens is 252 g/mol. The predicted molar refractivity (Wildman–Crippen MR) is 82.7 cm³/mol. The van der Waals surface area contributed by atoms with Crippen LogP contribution in [0.4, 0.5) is 0 Å². The van der Waals surface area contributed by atoms with Crippen LogP contribution in [0.25, 0.3) is 0 Å². The standard InChI is InChI=1S/C16H32N2O2/c1-12(2)11-18(14-7-8-14)10-9-16(5,15(19)20-6)17-13(3)4/h12-14,17H,7-11H2,1-6H3. The molecule has 0 aliphatic heterocycles. The molecule has 0 saturated heterocycles. The van der Waals surface area contributed by atoms with Gasteiger partial charge in [0.2, 0.25) is 0 Å². The molecule has 1 aliphatic carbocycles. The van der Waals surface area contributed by atoms with Crippen molar-refractivity contribution in [2.45, 2.75) is 71.5 Å². The van der Waals surface area contributed by atoms with Crippen LogP contribution in [0.1, 0.15) is 53.9 Å². The molecular formula is C16H32N2O2. The van der Waals surface area contributed by atoms with Crippen molar-refractivity contribution in [3.8, 4) is 0 Å². The Morgan fingerprint density at radius 1 is 1.35 bits per heavy atom. The lowest BCUT2D eigenvalue weighted by molar-refractivity contribution is -0.148. The van der Waals surface area contributed by atoms with E-state index in [-0.39, 0.29) is 12.0 Å². The van der Waals surface area contributed by atoms with Gasteiger partial charge in [-0.1, -0.05) is 13.8 Å². The van der Waals surface area contributed by atoms with Gasteiger partial charge in [0, 0.05) is 25.2 Å². The monoisotopic (exact) mass is 284 g/mol. The molecule has 0 radical (unpaired) electrons. The number of esters is 1. The molecule has 4 heteroatoms. The number of carbonyl (C=O) groups excluding carboxylic acids is 1. The number of nitrogens with one attached hydrogen (secondary N) is 1. The van der Waals surface area contributed by atoms with Crippen LogP contribution in [0.2, 0.25) is 0 Å². The summed E-state index contributed by atoms with van der Waals surface area (Å²) in [5.41, 5.74) is -0.590. The van der Waals surface area contributed by atoms with Crippen LogP contribution in [0.5, 0.6) is 0 Å². The molecule has 1 saturated carbocycles. The fourth-order valence-electron chi connectivity index (χ4n) is 2.79. The third-order valence-corrected chi connectivity index (χ3v) is 3.81. The Bertz CT molecular complexity index is 314. The smallest absolute Gasteiger partial charge is 0.325 e. The largest absolute Gasteiger partial charge is 0.468 e. The molecule has 4 nitrogen and oxygen atoms in total. The summed E-state index contributed by atoms with van der Waals surface area (Å²) in [5, 5.41) is 3.37. The van der Waals surface area contributed by atoms with Crippen molar-refractivity contribution >= 4 is 5.97 Å². The highest BCUT2D eigenvalue weighted by atomic mass is 16.5. The number of carbonyl (C=O) groups is 1. The number of ether oxygens (including phenoxy) is 1. The second-order valence-electron chi connectivity index (χ2n) is 6.99. The third-order valence-electron chi connectivity index (χ3n) is 3.81. The summed E-state index contributed by atoms with van der Waals surface area (Å²) in [7, 11) is 1.47. The third kappa shape index (κ3) is 5.41. The first-order chi connectivity index (χ1) is 9.28.